The topological polar surface area (TPSA) is 75.1 Å². The molecule has 5 nitrogen and oxygen atoms in total. The average Bonchev–Trinajstić information content (AvgIpc) is 2.61. The number of aromatic nitrogens is 2. The van der Waals surface area contributed by atoms with Gasteiger partial charge < -0.3 is 10.4 Å². The second-order valence-corrected chi connectivity index (χ2v) is 6.91. The number of hydrogen-bond donors (Lipinski definition) is 2. The van der Waals surface area contributed by atoms with Crippen molar-refractivity contribution in [2.45, 2.75) is 17.8 Å². The zero-order valence-corrected chi connectivity index (χ0v) is 15.5. The third-order valence-electron chi connectivity index (χ3n) is 3.55. The van der Waals surface area contributed by atoms with Crippen LogP contribution in [0.1, 0.15) is 21.6 Å². The average molecular weight is 386 g/mol. The van der Waals surface area contributed by atoms with Crippen molar-refractivity contribution in [3.8, 4) is 0 Å². The van der Waals surface area contributed by atoms with Gasteiger partial charge in [-0.1, -0.05) is 41.6 Å². The second kappa shape index (κ2) is 8.21. The second-order valence-electron chi connectivity index (χ2n) is 5.56. The van der Waals surface area contributed by atoms with Gasteiger partial charge in [0.1, 0.15) is 5.82 Å². The molecule has 7 heteroatoms. The van der Waals surface area contributed by atoms with Crippen LogP contribution in [0.2, 0.25) is 5.02 Å². The number of carbonyl (C=O) groups is 1. The Hall–Kier alpha value is -2.57. The Morgan fingerprint density at radius 1 is 1.15 bits per heavy atom. The molecule has 0 aliphatic heterocycles. The van der Waals surface area contributed by atoms with Crippen LogP contribution in [0.15, 0.2) is 59.8 Å². The molecule has 0 unspecified atom stereocenters. The predicted octanol–water partition coefficient (Wildman–Crippen LogP) is 5.17. The fourth-order valence-corrected chi connectivity index (χ4v) is 3.46. The zero-order valence-electron chi connectivity index (χ0n) is 13.9. The molecule has 0 bridgehead atoms. The van der Waals surface area contributed by atoms with Gasteiger partial charge in [-0.3, -0.25) is 0 Å². The fourth-order valence-electron chi connectivity index (χ4n) is 2.27. The third kappa shape index (κ3) is 4.74. The van der Waals surface area contributed by atoms with Crippen molar-refractivity contribution < 1.29 is 9.90 Å². The molecule has 2 N–H and O–H groups in total. The van der Waals surface area contributed by atoms with Crippen molar-refractivity contribution >= 4 is 40.8 Å². The minimum atomic E-state index is -0.951. The Morgan fingerprint density at radius 2 is 1.88 bits per heavy atom. The lowest BCUT2D eigenvalue weighted by Gasteiger charge is -2.09. The number of aromatic carboxylic acids is 1. The van der Waals surface area contributed by atoms with Gasteiger partial charge in [0.05, 0.1) is 5.56 Å². The summed E-state index contributed by atoms with van der Waals surface area (Å²) in [5.41, 5.74) is 2.87. The standard InChI is InChI=1S/C19H16ClN3O2S/c1-12-10-17(22-15-8-6-13(7-9-15)18(24)25)23-19(21-12)26-11-14-4-2-3-5-16(14)20/h2-10H,11H2,1H3,(H,24,25)(H,21,22,23). The number of thioether (sulfide) groups is 1. The summed E-state index contributed by atoms with van der Waals surface area (Å²) in [7, 11) is 0. The monoisotopic (exact) mass is 385 g/mol. The summed E-state index contributed by atoms with van der Waals surface area (Å²) in [5.74, 6) is 0.380. The van der Waals surface area contributed by atoms with E-state index in [0.717, 1.165) is 22.0 Å². The van der Waals surface area contributed by atoms with Crippen LogP contribution >= 0.6 is 23.4 Å². The van der Waals surface area contributed by atoms with E-state index in [4.69, 9.17) is 16.7 Å². The first-order valence-corrected chi connectivity index (χ1v) is 9.20. The molecule has 0 atom stereocenters. The number of nitrogens with zero attached hydrogens (tertiary/aromatic N) is 2. The maximum absolute atomic E-state index is 10.9. The summed E-state index contributed by atoms with van der Waals surface area (Å²) in [4.78, 5) is 19.9. The molecule has 0 radical (unpaired) electrons. The lowest BCUT2D eigenvalue weighted by molar-refractivity contribution is 0.0697. The Balaban J connectivity index is 1.73. The number of aryl methyl sites for hydroxylation is 1. The number of anilines is 2. The van der Waals surface area contributed by atoms with Gasteiger partial charge in [-0.2, -0.15) is 0 Å². The Bertz CT molecular complexity index is 932. The Kier molecular flexibility index (Phi) is 5.75. The van der Waals surface area contributed by atoms with Crippen molar-refractivity contribution in [3.05, 3.63) is 76.4 Å². The number of nitrogens with one attached hydrogen (secondary N) is 1. The van der Waals surface area contributed by atoms with Gasteiger partial charge >= 0.3 is 5.97 Å². The Labute approximate surface area is 160 Å². The lowest BCUT2D eigenvalue weighted by atomic mass is 10.2. The molecule has 3 aromatic rings. The van der Waals surface area contributed by atoms with Crippen LogP contribution in [0.4, 0.5) is 11.5 Å². The summed E-state index contributed by atoms with van der Waals surface area (Å²) in [6.07, 6.45) is 0. The first kappa shape index (κ1) is 18.2. The van der Waals surface area contributed by atoms with Crippen LogP contribution in [0.3, 0.4) is 0 Å². The summed E-state index contributed by atoms with van der Waals surface area (Å²) in [6, 6.07) is 16.0. The van der Waals surface area contributed by atoms with Crippen molar-refractivity contribution in [2.75, 3.05) is 5.32 Å². The van der Waals surface area contributed by atoms with Gasteiger partial charge in [0.15, 0.2) is 5.16 Å². The summed E-state index contributed by atoms with van der Waals surface area (Å²) in [5, 5.41) is 13.5. The zero-order chi connectivity index (χ0) is 18.5. The van der Waals surface area contributed by atoms with Crippen molar-refractivity contribution in [1.82, 2.24) is 9.97 Å². The number of halogens is 1. The molecular formula is C19H16ClN3O2S. The highest BCUT2D eigenvalue weighted by atomic mass is 35.5. The van der Waals surface area contributed by atoms with E-state index in [-0.39, 0.29) is 5.56 Å². The van der Waals surface area contributed by atoms with Crippen molar-refractivity contribution in [1.29, 1.82) is 0 Å². The van der Waals surface area contributed by atoms with Gasteiger partial charge in [-0.25, -0.2) is 14.8 Å². The number of carboxylic acid groups (broad SMARTS) is 1. The minimum absolute atomic E-state index is 0.241. The van der Waals surface area contributed by atoms with Gasteiger partial charge in [-0.15, -0.1) is 0 Å². The molecule has 1 heterocycles. The molecule has 2 aromatic carbocycles. The first-order valence-electron chi connectivity index (χ1n) is 7.83. The fraction of sp³-hybridized carbons (Fsp3) is 0.105. The predicted molar refractivity (Wildman–Crippen MR) is 104 cm³/mol. The third-order valence-corrected chi connectivity index (χ3v) is 4.82. The van der Waals surface area contributed by atoms with Gasteiger partial charge in [0.2, 0.25) is 0 Å². The molecule has 3 rings (SSSR count). The quantitative estimate of drug-likeness (QED) is 0.450. The van der Waals surface area contributed by atoms with E-state index in [0.29, 0.717) is 16.7 Å². The van der Waals surface area contributed by atoms with Crippen LogP contribution in [0, 0.1) is 6.92 Å². The Morgan fingerprint density at radius 3 is 2.58 bits per heavy atom. The van der Waals surface area contributed by atoms with E-state index in [2.05, 4.69) is 15.3 Å². The molecule has 0 spiro atoms. The van der Waals surface area contributed by atoms with E-state index in [9.17, 15) is 4.79 Å². The molecule has 0 amide bonds. The SMILES string of the molecule is Cc1cc(Nc2ccc(C(=O)O)cc2)nc(SCc2ccccc2Cl)n1. The normalized spacial score (nSPS) is 10.5. The highest BCUT2D eigenvalue weighted by Gasteiger charge is 2.07. The van der Waals surface area contributed by atoms with Crippen LogP contribution < -0.4 is 5.32 Å². The van der Waals surface area contributed by atoms with Crippen LogP contribution in [0.5, 0.6) is 0 Å². The van der Waals surface area contributed by atoms with Gasteiger partial charge in [0.25, 0.3) is 0 Å². The van der Waals surface area contributed by atoms with E-state index in [1.807, 2.05) is 37.3 Å². The molecule has 0 aliphatic carbocycles. The lowest BCUT2D eigenvalue weighted by Crippen LogP contribution is -2.00. The molecule has 0 fully saturated rings. The minimum Gasteiger partial charge on any atom is -0.478 e. The molecular weight excluding hydrogens is 370 g/mol. The maximum Gasteiger partial charge on any atom is 0.335 e. The van der Waals surface area contributed by atoms with E-state index in [1.54, 1.807) is 24.3 Å². The maximum atomic E-state index is 10.9. The largest absolute Gasteiger partial charge is 0.478 e. The molecule has 1 aromatic heterocycles. The molecule has 0 saturated heterocycles. The number of hydrogen-bond acceptors (Lipinski definition) is 5. The van der Waals surface area contributed by atoms with Gasteiger partial charge in [-0.05, 0) is 42.8 Å². The van der Waals surface area contributed by atoms with Crippen molar-refractivity contribution in [3.63, 3.8) is 0 Å². The van der Waals surface area contributed by atoms with Gasteiger partial charge in [0, 0.05) is 28.2 Å². The molecule has 132 valence electrons. The summed E-state index contributed by atoms with van der Waals surface area (Å²) < 4.78 is 0. The number of carboxylic acids is 1. The molecule has 0 saturated carbocycles. The first-order chi connectivity index (χ1) is 12.5. The van der Waals surface area contributed by atoms with E-state index >= 15 is 0 Å². The molecule has 26 heavy (non-hydrogen) atoms. The van der Waals surface area contributed by atoms with Crippen LogP contribution in [-0.2, 0) is 5.75 Å². The van der Waals surface area contributed by atoms with Crippen molar-refractivity contribution in [2.24, 2.45) is 0 Å². The molecule has 0 aliphatic rings. The highest BCUT2D eigenvalue weighted by molar-refractivity contribution is 7.98. The number of benzene rings is 2. The smallest absolute Gasteiger partial charge is 0.335 e. The van der Waals surface area contributed by atoms with E-state index < -0.39 is 5.97 Å². The summed E-state index contributed by atoms with van der Waals surface area (Å²) >= 11 is 7.70. The van der Waals surface area contributed by atoms with E-state index in [1.165, 1.54) is 11.8 Å². The van der Waals surface area contributed by atoms with Crippen LogP contribution in [0.25, 0.3) is 0 Å². The number of rotatable bonds is 6. The van der Waals surface area contributed by atoms with Crippen LogP contribution in [-0.4, -0.2) is 21.0 Å². The summed E-state index contributed by atoms with van der Waals surface area (Å²) in [6.45, 7) is 1.90. The highest BCUT2D eigenvalue weighted by Crippen LogP contribution is 2.26.